The molecule has 24 heavy (non-hydrogen) atoms. The Balaban J connectivity index is 2.24. The van der Waals surface area contributed by atoms with Crippen LogP contribution in [0, 0.1) is 17.8 Å². The lowest BCUT2D eigenvalue weighted by Crippen LogP contribution is -2.37. The maximum Gasteiger partial charge on any atom is 0.456 e. The van der Waals surface area contributed by atoms with E-state index in [0.717, 1.165) is 11.7 Å². The highest BCUT2D eigenvalue weighted by atomic mass is 31.2. The molecule has 0 spiro atoms. The first-order valence-corrected chi connectivity index (χ1v) is 11.7. The maximum atomic E-state index is 13.3. The average molecular weight is 349 g/mol. The molecule has 2 nitrogen and oxygen atoms in total. The third kappa shape index (κ3) is 4.02. The number of rotatable bonds is 5. The van der Waals surface area contributed by atoms with E-state index < -0.39 is 7.26 Å². The quantitative estimate of drug-likeness (QED) is 0.613. The Kier molecular flexibility index (Phi) is 6.48. The molecule has 0 amide bonds. The molecule has 3 heteroatoms. The van der Waals surface area contributed by atoms with Crippen LogP contribution in [0.4, 0.5) is 4.79 Å². The van der Waals surface area contributed by atoms with Crippen LogP contribution in [0.15, 0.2) is 30.3 Å². The minimum absolute atomic E-state index is 0.0495. The number of hydrogen-bond acceptors (Lipinski definition) is 2. The molecule has 2 rings (SSSR count). The smallest absolute Gasteiger partial charge is 0.432 e. The molecule has 1 aliphatic carbocycles. The van der Waals surface area contributed by atoms with Crippen LogP contribution < -0.4 is 5.30 Å². The molecule has 0 bridgehead atoms. The van der Waals surface area contributed by atoms with Crippen molar-refractivity contribution in [2.45, 2.75) is 65.6 Å². The molecule has 1 saturated carbocycles. The molecule has 0 aromatic heterocycles. The third-order valence-corrected chi connectivity index (χ3v) is 10.2. The second kappa shape index (κ2) is 8.00. The Morgan fingerprint density at radius 1 is 1.12 bits per heavy atom. The maximum absolute atomic E-state index is 13.3. The van der Waals surface area contributed by atoms with E-state index in [1.807, 2.05) is 18.2 Å². The molecule has 0 N–H and O–H groups in total. The Labute approximate surface area is 148 Å². The second-order valence-corrected chi connectivity index (χ2v) is 12.3. The molecular weight excluding hydrogens is 315 g/mol. The highest BCUT2D eigenvalue weighted by molar-refractivity contribution is 7.96. The van der Waals surface area contributed by atoms with E-state index in [1.54, 1.807) is 0 Å². The van der Waals surface area contributed by atoms with E-state index in [9.17, 15) is 4.79 Å². The van der Waals surface area contributed by atoms with Crippen molar-refractivity contribution in [3.8, 4) is 0 Å². The molecule has 1 aliphatic rings. The van der Waals surface area contributed by atoms with Gasteiger partial charge in [0.25, 0.3) is 0 Å². The van der Waals surface area contributed by atoms with Crippen LogP contribution in [0.1, 0.15) is 53.9 Å². The van der Waals surface area contributed by atoms with Crippen molar-refractivity contribution in [3.63, 3.8) is 0 Å². The van der Waals surface area contributed by atoms with Crippen molar-refractivity contribution < 1.29 is 9.53 Å². The van der Waals surface area contributed by atoms with Gasteiger partial charge in [0.05, 0.1) is 12.3 Å². The van der Waals surface area contributed by atoms with Crippen molar-refractivity contribution in [2.75, 3.05) is 6.66 Å². The highest BCUT2D eigenvalue weighted by Crippen LogP contribution is 2.60. The first-order valence-electron chi connectivity index (χ1n) is 9.39. The second-order valence-electron chi connectivity index (χ2n) is 8.25. The summed E-state index contributed by atoms with van der Waals surface area (Å²) in [6.07, 6.45) is 3.54. The van der Waals surface area contributed by atoms with Crippen LogP contribution in [-0.4, -0.2) is 24.1 Å². The van der Waals surface area contributed by atoms with Gasteiger partial charge in [-0.2, -0.15) is 0 Å². The van der Waals surface area contributed by atoms with Crippen LogP contribution in [-0.2, 0) is 4.74 Å². The Morgan fingerprint density at radius 2 is 1.75 bits per heavy atom. The predicted octanol–water partition coefficient (Wildman–Crippen LogP) is 5.97. The van der Waals surface area contributed by atoms with Gasteiger partial charge in [0, 0.05) is 0 Å². The van der Waals surface area contributed by atoms with Crippen molar-refractivity contribution in [1.29, 1.82) is 0 Å². The predicted molar refractivity (Wildman–Crippen MR) is 106 cm³/mol. The molecule has 0 aliphatic heterocycles. The normalized spacial score (nSPS) is 27.1. The van der Waals surface area contributed by atoms with E-state index in [-0.39, 0.29) is 11.8 Å². The van der Waals surface area contributed by atoms with Crippen LogP contribution in [0.3, 0.4) is 0 Å². The minimum Gasteiger partial charge on any atom is -0.432 e. The van der Waals surface area contributed by atoms with Gasteiger partial charge in [0.15, 0.2) is 7.26 Å². The monoisotopic (exact) mass is 349 g/mol. The molecule has 0 heterocycles. The summed E-state index contributed by atoms with van der Waals surface area (Å²) in [4.78, 5) is 13.3. The Bertz CT molecular complexity index is 540. The zero-order valence-corrected chi connectivity index (χ0v) is 17.1. The molecule has 0 saturated heterocycles. The lowest BCUT2D eigenvalue weighted by molar-refractivity contribution is 0.0178. The SMILES string of the molecule is CC(C)[C@@H]1CC[C@@H](C)C[C@H]1OC(=O)[P+](C)(c1ccccc1)C(C)C. The van der Waals surface area contributed by atoms with Gasteiger partial charge in [-0.05, 0) is 56.6 Å². The fourth-order valence-corrected chi connectivity index (χ4v) is 6.22. The molecule has 134 valence electrons. The van der Waals surface area contributed by atoms with Crippen molar-refractivity contribution in [3.05, 3.63) is 30.3 Å². The lowest BCUT2D eigenvalue weighted by atomic mass is 9.75. The van der Waals surface area contributed by atoms with Gasteiger partial charge >= 0.3 is 5.71 Å². The number of carbonyl (C=O) groups is 1. The van der Waals surface area contributed by atoms with Crippen molar-refractivity contribution >= 4 is 18.3 Å². The van der Waals surface area contributed by atoms with Gasteiger partial charge in [-0.3, -0.25) is 0 Å². The summed E-state index contributed by atoms with van der Waals surface area (Å²) < 4.78 is 6.23. The average Bonchev–Trinajstić information content (AvgIpc) is 2.54. The number of hydrogen-bond donors (Lipinski definition) is 0. The molecular formula is C21H34O2P+. The van der Waals surface area contributed by atoms with Gasteiger partial charge in [0.1, 0.15) is 11.4 Å². The van der Waals surface area contributed by atoms with Crippen molar-refractivity contribution in [1.82, 2.24) is 0 Å². The molecule has 1 unspecified atom stereocenters. The van der Waals surface area contributed by atoms with E-state index in [1.165, 1.54) is 12.8 Å². The zero-order chi connectivity index (χ0) is 17.9. The van der Waals surface area contributed by atoms with Crippen molar-refractivity contribution in [2.24, 2.45) is 17.8 Å². The van der Waals surface area contributed by atoms with Gasteiger partial charge in [0.2, 0.25) is 0 Å². The van der Waals surface area contributed by atoms with Crippen LogP contribution in [0.2, 0.25) is 0 Å². The lowest BCUT2D eigenvalue weighted by Gasteiger charge is -2.37. The van der Waals surface area contributed by atoms with E-state index in [2.05, 4.69) is 53.4 Å². The summed E-state index contributed by atoms with van der Waals surface area (Å²) in [7, 11) is -1.99. The standard InChI is InChI=1S/C21H34O2P/c1-15(2)19-13-12-17(5)14-20(19)23-21(22)24(6,16(3)4)18-10-8-7-9-11-18/h7-11,15-17,19-20H,12-14H2,1-6H3/q+1/t17-,19+,20-,24?/m1/s1. The first kappa shape index (κ1) is 19.4. The van der Waals surface area contributed by atoms with Gasteiger partial charge in [-0.25, -0.2) is 4.79 Å². The summed E-state index contributed by atoms with van der Waals surface area (Å²) in [6.45, 7) is 13.3. The fourth-order valence-electron chi connectivity index (χ4n) is 3.84. The van der Waals surface area contributed by atoms with E-state index in [0.29, 0.717) is 23.4 Å². The van der Waals surface area contributed by atoms with Gasteiger partial charge in [-0.1, -0.05) is 45.4 Å². The molecule has 0 radical (unpaired) electrons. The summed E-state index contributed by atoms with van der Waals surface area (Å²) in [5.74, 6) is 1.72. The Morgan fingerprint density at radius 3 is 2.29 bits per heavy atom. The summed E-state index contributed by atoms with van der Waals surface area (Å²) in [6, 6.07) is 10.3. The van der Waals surface area contributed by atoms with Crippen LogP contribution in [0.5, 0.6) is 0 Å². The van der Waals surface area contributed by atoms with Crippen LogP contribution in [0.25, 0.3) is 0 Å². The summed E-state index contributed by atoms with van der Waals surface area (Å²) in [5.41, 5.74) is 0.347. The molecule has 1 aromatic carbocycles. The fraction of sp³-hybridized carbons (Fsp3) is 0.667. The minimum atomic E-state index is -1.99. The number of benzene rings is 1. The first-order chi connectivity index (χ1) is 11.3. The topological polar surface area (TPSA) is 26.3 Å². The summed E-state index contributed by atoms with van der Waals surface area (Å²) in [5, 5.41) is 1.16. The number of carbonyl (C=O) groups excluding carboxylic acids is 1. The van der Waals surface area contributed by atoms with E-state index >= 15 is 0 Å². The summed E-state index contributed by atoms with van der Waals surface area (Å²) >= 11 is 0. The van der Waals surface area contributed by atoms with Crippen LogP contribution >= 0.6 is 7.26 Å². The van der Waals surface area contributed by atoms with E-state index in [4.69, 9.17) is 4.74 Å². The van der Waals surface area contributed by atoms with Gasteiger partial charge in [-0.15, -0.1) is 0 Å². The molecule has 1 aromatic rings. The Hall–Kier alpha value is -0.880. The highest BCUT2D eigenvalue weighted by Gasteiger charge is 2.50. The zero-order valence-electron chi connectivity index (χ0n) is 16.2. The third-order valence-electron chi connectivity index (χ3n) is 5.92. The molecule has 4 atom stereocenters. The van der Waals surface area contributed by atoms with Gasteiger partial charge < -0.3 is 4.74 Å². The number of ether oxygens (including phenoxy) is 1. The molecule has 1 fully saturated rings. The largest absolute Gasteiger partial charge is 0.456 e.